The maximum atomic E-state index is 12.5. The first-order valence-corrected chi connectivity index (χ1v) is 7.45. The highest BCUT2D eigenvalue weighted by atomic mass is 79.9. The fourth-order valence-electron chi connectivity index (χ4n) is 2.39. The molecule has 0 unspecified atom stereocenters. The van der Waals surface area contributed by atoms with Crippen molar-refractivity contribution in [1.29, 1.82) is 0 Å². The summed E-state index contributed by atoms with van der Waals surface area (Å²) in [5.41, 5.74) is 4.35. The highest BCUT2D eigenvalue weighted by Crippen LogP contribution is 2.28. The predicted molar refractivity (Wildman–Crippen MR) is 89.3 cm³/mol. The number of para-hydroxylation sites is 1. The molecule has 0 heterocycles. The Balaban J connectivity index is 2.38. The summed E-state index contributed by atoms with van der Waals surface area (Å²) in [6.45, 7) is 5.87. The van der Waals surface area contributed by atoms with E-state index in [9.17, 15) is 4.79 Å². The van der Waals surface area contributed by atoms with Crippen LogP contribution in [0.3, 0.4) is 0 Å². The zero-order valence-corrected chi connectivity index (χ0v) is 14.2. The lowest BCUT2D eigenvalue weighted by Gasteiger charge is -2.15. The van der Waals surface area contributed by atoms with E-state index in [0.29, 0.717) is 11.3 Å². The Morgan fingerprint density at radius 1 is 1.10 bits per heavy atom. The summed E-state index contributed by atoms with van der Waals surface area (Å²) >= 11 is 3.46. The second-order valence-electron chi connectivity index (χ2n) is 5.02. The van der Waals surface area contributed by atoms with E-state index in [1.54, 1.807) is 13.2 Å². The molecule has 2 aromatic rings. The van der Waals surface area contributed by atoms with Gasteiger partial charge in [-0.3, -0.25) is 4.79 Å². The van der Waals surface area contributed by atoms with Gasteiger partial charge in [-0.15, -0.1) is 0 Å². The third kappa shape index (κ3) is 3.27. The average Bonchev–Trinajstić information content (AvgIpc) is 2.42. The first-order chi connectivity index (χ1) is 9.93. The molecule has 3 nitrogen and oxygen atoms in total. The number of carbonyl (C=O) groups excluding carboxylic acids is 1. The van der Waals surface area contributed by atoms with E-state index in [0.717, 1.165) is 26.9 Å². The number of amides is 1. The molecule has 0 aliphatic rings. The molecule has 1 amide bonds. The lowest BCUT2D eigenvalue weighted by Crippen LogP contribution is -2.15. The molecule has 0 spiro atoms. The van der Waals surface area contributed by atoms with Gasteiger partial charge >= 0.3 is 0 Å². The van der Waals surface area contributed by atoms with Crippen LogP contribution in [0.4, 0.5) is 5.69 Å². The van der Waals surface area contributed by atoms with Crippen molar-refractivity contribution in [2.24, 2.45) is 0 Å². The van der Waals surface area contributed by atoms with Gasteiger partial charge in [0.25, 0.3) is 5.91 Å². The fraction of sp³-hybridized carbons (Fsp3) is 0.235. The van der Waals surface area contributed by atoms with Gasteiger partial charge in [0.15, 0.2) is 0 Å². The SMILES string of the molecule is COc1c(C)cccc1C(=O)Nc1c(C)cc(Br)cc1C. The minimum atomic E-state index is -0.163. The van der Waals surface area contributed by atoms with Crippen LogP contribution in [0.2, 0.25) is 0 Å². The minimum Gasteiger partial charge on any atom is -0.496 e. The van der Waals surface area contributed by atoms with Crippen molar-refractivity contribution in [3.05, 3.63) is 57.1 Å². The molecule has 4 heteroatoms. The van der Waals surface area contributed by atoms with Crippen molar-refractivity contribution >= 4 is 27.5 Å². The van der Waals surface area contributed by atoms with Crippen LogP contribution in [0, 0.1) is 20.8 Å². The Kier molecular flexibility index (Phi) is 4.68. The highest BCUT2D eigenvalue weighted by molar-refractivity contribution is 9.10. The number of hydrogen-bond acceptors (Lipinski definition) is 2. The van der Waals surface area contributed by atoms with Crippen LogP contribution in [0.1, 0.15) is 27.0 Å². The number of benzene rings is 2. The van der Waals surface area contributed by atoms with E-state index in [-0.39, 0.29) is 5.91 Å². The van der Waals surface area contributed by atoms with Crippen LogP contribution in [0.25, 0.3) is 0 Å². The first-order valence-electron chi connectivity index (χ1n) is 6.65. The highest BCUT2D eigenvalue weighted by Gasteiger charge is 2.16. The molecule has 0 aromatic heterocycles. The van der Waals surface area contributed by atoms with E-state index >= 15 is 0 Å². The summed E-state index contributed by atoms with van der Waals surface area (Å²) in [6, 6.07) is 9.51. The van der Waals surface area contributed by atoms with Crippen LogP contribution in [-0.4, -0.2) is 13.0 Å². The maximum absolute atomic E-state index is 12.5. The lowest BCUT2D eigenvalue weighted by molar-refractivity contribution is 0.102. The van der Waals surface area contributed by atoms with E-state index in [4.69, 9.17) is 4.74 Å². The van der Waals surface area contributed by atoms with Gasteiger partial charge in [0, 0.05) is 10.2 Å². The molecule has 0 bridgehead atoms. The first kappa shape index (κ1) is 15.6. The number of anilines is 1. The summed E-state index contributed by atoms with van der Waals surface area (Å²) in [4.78, 5) is 12.5. The van der Waals surface area contributed by atoms with Crippen molar-refractivity contribution in [2.75, 3.05) is 12.4 Å². The van der Waals surface area contributed by atoms with Gasteiger partial charge < -0.3 is 10.1 Å². The molecule has 21 heavy (non-hydrogen) atoms. The fourth-order valence-corrected chi connectivity index (χ4v) is 3.08. The Morgan fingerprint density at radius 2 is 1.71 bits per heavy atom. The molecule has 1 N–H and O–H groups in total. The number of ether oxygens (including phenoxy) is 1. The van der Waals surface area contributed by atoms with Gasteiger partial charge in [-0.2, -0.15) is 0 Å². The molecular formula is C17H18BrNO2. The largest absolute Gasteiger partial charge is 0.496 e. The van der Waals surface area contributed by atoms with Crippen LogP contribution in [0.5, 0.6) is 5.75 Å². The van der Waals surface area contributed by atoms with E-state index < -0.39 is 0 Å². The van der Waals surface area contributed by atoms with E-state index in [1.165, 1.54) is 0 Å². The zero-order chi connectivity index (χ0) is 15.6. The van der Waals surface area contributed by atoms with Crippen molar-refractivity contribution < 1.29 is 9.53 Å². The molecule has 110 valence electrons. The third-order valence-corrected chi connectivity index (χ3v) is 3.85. The van der Waals surface area contributed by atoms with E-state index in [2.05, 4.69) is 21.2 Å². The number of halogens is 1. The summed E-state index contributed by atoms with van der Waals surface area (Å²) in [5, 5.41) is 2.98. The maximum Gasteiger partial charge on any atom is 0.259 e. The van der Waals surface area contributed by atoms with Crippen molar-refractivity contribution in [3.63, 3.8) is 0 Å². The topological polar surface area (TPSA) is 38.3 Å². The van der Waals surface area contributed by atoms with Gasteiger partial charge in [-0.25, -0.2) is 0 Å². The number of rotatable bonds is 3. The Labute approximate surface area is 133 Å². The van der Waals surface area contributed by atoms with Gasteiger partial charge in [0.2, 0.25) is 0 Å². The molecule has 0 saturated heterocycles. The Hall–Kier alpha value is -1.81. The van der Waals surface area contributed by atoms with Crippen LogP contribution < -0.4 is 10.1 Å². The zero-order valence-electron chi connectivity index (χ0n) is 12.6. The Morgan fingerprint density at radius 3 is 2.29 bits per heavy atom. The number of hydrogen-bond donors (Lipinski definition) is 1. The smallest absolute Gasteiger partial charge is 0.259 e. The van der Waals surface area contributed by atoms with Gasteiger partial charge in [0.05, 0.1) is 12.7 Å². The molecule has 0 fully saturated rings. The molecular weight excluding hydrogens is 330 g/mol. The molecule has 0 saturated carbocycles. The standard InChI is InChI=1S/C17H18BrNO2/c1-10-6-5-7-14(16(10)21-4)17(20)19-15-11(2)8-13(18)9-12(15)3/h5-9H,1-4H3,(H,19,20). The monoisotopic (exact) mass is 347 g/mol. The molecule has 0 atom stereocenters. The number of methoxy groups -OCH3 is 1. The second kappa shape index (κ2) is 6.31. The quantitative estimate of drug-likeness (QED) is 0.878. The number of aryl methyl sites for hydroxylation is 3. The van der Waals surface area contributed by atoms with E-state index in [1.807, 2.05) is 45.0 Å². The van der Waals surface area contributed by atoms with Gasteiger partial charge in [-0.05, 0) is 55.7 Å². The Bertz CT molecular complexity index is 672. The molecule has 0 aliphatic heterocycles. The summed E-state index contributed by atoms with van der Waals surface area (Å²) < 4.78 is 6.35. The van der Waals surface area contributed by atoms with Gasteiger partial charge in [0.1, 0.15) is 5.75 Å². The predicted octanol–water partition coefficient (Wildman–Crippen LogP) is 4.64. The van der Waals surface area contributed by atoms with Crippen molar-refractivity contribution in [1.82, 2.24) is 0 Å². The normalized spacial score (nSPS) is 10.3. The van der Waals surface area contributed by atoms with Crippen LogP contribution >= 0.6 is 15.9 Å². The molecule has 0 radical (unpaired) electrons. The van der Waals surface area contributed by atoms with Crippen LogP contribution in [0.15, 0.2) is 34.8 Å². The summed E-state index contributed by atoms with van der Waals surface area (Å²) in [5.74, 6) is 0.450. The molecule has 2 aromatic carbocycles. The van der Waals surface area contributed by atoms with Crippen molar-refractivity contribution in [2.45, 2.75) is 20.8 Å². The average molecular weight is 348 g/mol. The lowest BCUT2D eigenvalue weighted by atomic mass is 10.1. The van der Waals surface area contributed by atoms with Crippen LogP contribution in [-0.2, 0) is 0 Å². The number of carbonyl (C=O) groups is 1. The molecule has 0 aliphatic carbocycles. The summed E-state index contributed by atoms with van der Waals surface area (Å²) in [6.07, 6.45) is 0. The molecule has 2 rings (SSSR count). The van der Waals surface area contributed by atoms with Gasteiger partial charge in [-0.1, -0.05) is 28.1 Å². The second-order valence-corrected chi connectivity index (χ2v) is 5.94. The van der Waals surface area contributed by atoms with Crippen molar-refractivity contribution in [3.8, 4) is 5.75 Å². The minimum absolute atomic E-state index is 0.163. The summed E-state index contributed by atoms with van der Waals surface area (Å²) in [7, 11) is 1.58. The number of nitrogens with one attached hydrogen (secondary N) is 1. The third-order valence-electron chi connectivity index (χ3n) is 3.40.